The summed E-state index contributed by atoms with van der Waals surface area (Å²) in [6.45, 7) is 5.62. The lowest BCUT2D eigenvalue weighted by atomic mass is 10.0. The molecule has 0 atom stereocenters. The molecule has 0 aliphatic carbocycles. The van der Waals surface area contributed by atoms with Crippen molar-refractivity contribution in [3.05, 3.63) is 96.7 Å². The quantitative estimate of drug-likeness (QED) is 0.197. The van der Waals surface area contributed by atoms with Crippen molar-refractivity contribution >= 4 is 28.7 Å². The zero-order chi connectivity index (χ0) is 29.9. The fraction of sp³-hybridized carbons (Fsp3) is 0.278. The van der Waals surface area contributed by atoms with Gasteiger partial charge in [0.15, 0.2) is 5.65 Å². The van der Waals surface area contributed by atoms with Gasteiger partial charge in [-0.2, -0.15) is 5.26 Å². The Morgan fingerprint density at radius 3 is 2.39 bits per heavy atom. The number of aromatic nitrogens is 2. The standard InChI is InChI=1S/C36H35N5O2S/c1-39-17-19-40(20-18-39)29-10-7-26(8-11-29)34-24-33-32(13-16-38-36(33)41(34)44-31-5-3-2-4-6-31)27-9-12-35(28(23-27)25-37)43-30-14-21-42-22-15-30/h2-13,16,23-24,30H,14-15,17-22H2,1H3. The van der Waals surface area contributed by atoms with E-state index in [2.05, 4.69) is 87.6 Å². The van der Waals surface area contributed by atoms with Crippen molar-refractivity contribution in [3.8, 4) is 34.2 Å². The molecule has 2 aliphatic rings. The van der Waals surface area contributed by atoms with E-state index in [1.165, 1.54) is 5.69 Å². The SMILES string of the molecule is CN1CCN(c2ccc(-c3cc4c(-c5ccc(OC6CCOCC6)c(C#N)c5)ccnc4n3Sc3ccccc3)cc2)CC1. The number of ether oxygens (including phenoxy) is 2. The van der Waals surface area contributed by atoms with Gasteiger partial charge >= 0.3 is 0 Å². The Kier molecular flexibility index (Phi) is 8.25. The number of hydrogen-bond donors (Lipinski definition) is 0. The lowest BCUT2D eigenvalue weighted by Crippen LogP contribution is -2.44. The minimum absolute atomic E-state index is 0.0728. The molecular formula is C36H35N5O2S. The van der Waals surface area contributed by atoms with E-state index >= 15 is 0 Å². The van der Waals surface area contributed by atoms with Gasteiger partial charge < -0.3 is 19.3 Å². The van der Waals surface area contributed by atoms with Crippen LogP contribution in [0.5, 0.6) is 5.75 Å². The van der Waals surface area contributed by atoms with E-state index in [1.54, 1.807) is 11.9 Å². The fourth-order valence-electron chi connectivity index (χ4n) is 5.98. The number of pyridine rings is 1. The Morgan fingerprint density at radius 2 is 1.64 bits per heavy atom. The number of nitrogens with zero attached hydrogens (tertiary/aromatic N) is 5. The molecule has 0 amide bonds. The van der Waals surface area contributed by atoms with E-state index in [0.717, 1.165) is 77.3 Å². The van der Waals surface area contributed by atoms with Crippen LogP contribution in [0.1, 0.15) is 18.4 Å². The van der Waals surface area contributed by atoms with Gasteiger partial charge in [0.2, 0.25) is 0 Å². The number of benzene rings is 3. The molecule has 0 N–H and O–H groups in total. The van der Waals surface area contributed by atoms with Crippen LogP contribution in [0, 0.1) is 11.3 Å². The normalized spacial score (nSPS) is 16.2. The third-order valence-electron chi connectivity index (χ3n) is 8.51. The summed E-state index contributed by atoms with van der Waals surface area (Å²) in [5.74, 6) is 0.631. The van der Waals surface area contributed by atoms with Crippen molar-refractivity contribution < 1.29 is 9.47 Å². The Bertz CT molecular complexity index is 1780. The molecule has 0 radical (unpaired) electrons. The highest BCUT2D eigenvalue weighted by Crippen LogP contribution is 2.39. The van der Waals surface area contributed by atoms with Crippen molar-refractivity contribution in [2.45, 2.75) is 23.8 Å². The van der Waals surface area contributed by atoms with Gasteiger partial charge in [-0.3, -0.25) is 3.97 Å². The number of fused-ring (bicyclic) bond motifs is 1. The van der Waals surface area contributed by atoms with Crippen LogP contribution in [0.3, 0.4) is 0 Å². The van der Waals surface area contributed by atoms with Crippen LogP contribution in [0.15, 0.2) is 96.0 Å². The molecule has 44 heavy (non-hydrogen) atoms. The number of hydrogen-bond acceptors (Lipinski definition) is 7. The second kappa shape index (κ2) is 12.7. The first-order valence-corrected chi connectivity index (χ1v) is 16.0. The second-order valence-corrected chi connectivity index (χ2v) is 12.4. The first-order chi connectivity index (χ1) is 21.7. The first-order valence-electron chi connectivity index (χ1n) is 15.2. The topological polar surface area (TPSA) is 66.6 Å². The Morgan fingerprint density at radius 1 is 0.886 bits per heavy atom. The van der Waals surface area contributed by atoms with Gasteiger partial charge in [-0.15, -0.1) is 0 Å². The van der Waals surface area contributed by atoms with E-state index in [0.29, 0.717) is 24.5 Å². The molecule has 222 valence electrons. The van der Waals surface area contributed by atoms with Crippen molar-refractivity contribution in [3.63, 3.8) is 0 Å². The van der Waals surface area contributed by atoms with Crippen molar-refractivity contribution in [2.75, 3.05) is 51.3 Å². The van der Waals surface area contributed by atoms with Gasteiger partial charge in [-0.1, -0.05) is 36.4 Å². The predicted octanol–water partition coefficient (Wildman–Crippen LogP) is 7.11. The zero-order valence-electron chi connectivity index (χ0n) is 24.9. The zero-order valence-corrected chi connectivity index (χ0v) is 25.7. The fourth-order valence-corrected chi connectivity index (χ4v) is 6.95. The average molecular weight is 602 g/mol. The summed E-state index contributed by atoms with van der Waals surface area (Å²) in [4.78, 5) is 10.8. The minimum Gasteiger partial charge on any atom is -0.489 e. The molecule has 4 heterocycles. The molecule has 5 aromatic rings. The lowest BCUT2D eigenvalue weighted by molar-refractivity contribution is 0.0254. The molecule has 8 heteroatoms. The number of anilines is 1. The summed E-state index contributed by atoms with van der Waals surface area (Å²) in [5.41, 5.74) is 6.89. The second-order valence-electron chi connectivity index (χ2n) is 11.4. The van der Waals surface area contributed by atoms with Crippen molar-refractivity contribution in [1.29, 1.82) is 5.26 Å². The molecule has 0 saturated carbocycles. The first kappa shape index (κ1) is 28.5. The highest BCUT2D eigenvalue weighted by molar-refractivity contribution is 7.98. The van der Waals surface area contributed by atoms with Crippen LogP contribution >= 0.6 is 11.9 Å². The highest BCUT2D eigenvalue weighted by Gasteiger charge is 2.21. The van der Waals surface area contributed by atoms with E-state index in [4.69, 9.17) is 14.5 Å². The van der Waals surface area contributed by atoms with Gasteiger partial charge in [0.1, 0.15) is 17.9 Å². The average Bonchev–Trinajstić information content (AvgIpc) is 3.44. The van der Waals surface area contributed by atoms with Crippen LogP contribution in [0.25, 0.3) is 33.4 Å². The summed E-state index contributed by atoms with van der Waals surface area (Å²) in [6.07, 6.45) is 3.61. The van der Waals surface area contributed by atoms with Gasteiger partial charge in [-0.05, 0) is 84.2 Å². The molecule has 0 spiro atoms. The van der Waals surface area contributed by atoms with Gasteiger partial charge in [0, 0.05) is 61.2 Å². The van der Waals surface area contributed by atoms with E-state index in [1.807, 2.05) is 30.5 Å². The molecule has 2 aromatic heterocycles. The molecule has 0 unspecified atom stereocenters. The largest absolute Gasteiger partial charge is 0.489 e. The monoisotopic (exact) mass is 601 g/mol. The summed E-state index contributed by atoms with van der Waals surface area (Å²) in [6, 6.07) is 31.9. The number of likely N-dealkylation sites (N-methyl/N-ethyl adjacent to an activating group) is 1. The van der Waals surface area contributed by atoms with E-state index in [9.17, 15) is 5.26 Å². The molecule has 2 fully saturated rings. The molecule has 2 aliphatic heterocycles. The van der Waals surface area contributed by atoms with Crippen LogP contribution in [-0.2, 0) is 4.74 Å². The number of rotatable bonds is 7. The van der Waals surface area contributed by atoms with Gasteiger partial charge in [-0.25, -0.2) is 4.98 Å². The van der Waals surface area contributed by atoms with Crippen molar-refractivity contribution in [2.24, 2.45) is 0 Å². The third kappa shape index (κ3) is 5.91. The lowest BCUT2D eigenvalue weighted by Gasteiger charge is -2.34. The van der Waals surface area contributed by atoms with Gasteiger partial charge in [0.25, 0.3) is 0 Å². The Labute approximate surface area is 262 Å². The molecule has 7 rings (SSSR count). The van der Waals surface area contributed by atoms with E-state index in [-0.39, 0.29) is 6.10 Å². The van der Waals surface area contributed by atoms with Crippen molar-refractivity contribution in [1.82, 2.24) is 13.9 Å². The number of piperazine rings is 1. The number of nitriles is 1. The van der Waals surface area contributed by atoms with Crippen LogP contribution < -0.4 is 9.64 Å². The molecule has 2 saturated heterocycles. The minimum atomic E-state index is 0.0728. The summed E-state index contributed by atoms with van der Waals surface area (Å²) < 4.78 is 13.9. The third-order valence-corrected chi connectivity index (χ3v) is 9.54. The van der Waals surface area contributed by atoms with E-state index < -0.39 is 0 Å². The molecule has 3 aromatic carbocycles. The highest BCUT2D eigenvalue weighted by atomic mass is 32.2. The maximum absolute atomic E-state index is 10.0. The Hall–Kier alpha value is -4.29. The molecule has 7 nitrogen and oxygen atoms in total. The van der Waals surface area contributed by atoms with Crippen LogP contribution in [0.2, 0.25) is 0 Å². The van der Waals surface area contributed by atoms with Crippen LogP contribution in [-0.4, -0.2) is 66.4 Å². The Balaban J connectivity index is 1.27. The maximum atomic E-state index is 10.0. The smallest absolute Gasteiger partial charge is 0.151 e. The summed E-state index contributed by atoms with van der Waals surface area (Å²) in [5, 5.41) is 11.1. The molecule has 0 bridgehead atoms. The summed E-state index contributed by atoms with van der Waals surface area (Å²) >= 11 is 1.67. The van der Waals surface area contributed by atoms with Crippen LogP contribution in [0.4, 0.5) is 5.69 Å². The predicted molar refractivity (Wildman–Crippen MR) is 177 cm³/mol. The summed E-state index contributed by atoms with van der Waals surface area (Å²) in [7, 11) is 2.18. The maximum Gasteiger partial charge on any atom is 0.151 e. The molecular weight excluding hydrogens is 566 g/mol. The van der Waals surface area contributed by atoms with Gasteiger partial charge in [0.05, 0.1) is 24.5 Å².